The number of para-hydroxylation sites is 1. The van der Waals surface area contributed by atoms with Crippen molar-refractivity contribution in [1.82, 2.24) is 5.32 Å². The van der Waals surface area contributed by atoms with Gasteiger partial charge >= 0.3 is 5.97 Å². The lowest BCUT2D eigenvalue weighted by Gasteiger charge is -2.14. The van der Waals surface area contributed by atoms with Crippen LogP contribution in [-0.4, -0.2) is 35.1 Å². The maximum atomic E-state index is 12.7. The van der Waals surface area contributed by atoms with E-state index >= 15 is 0 Å². The Kier molecular flexibility index (Phi) is 4.12. The van der Waals surface area contributed by atoms with Crippen LogP contribution in [0.3, 0.4) is 0 Å². The monoisotopic (exact) mass is 311 g/mol. The zero-order valence-corrected chi connectivity index (χ0v) is 12.5. The lowest BCUT2D eigenvalue weighted by Crippen LogP contribution is -2.11. The highest BCUT2D eigenvalue weighted by Gasteiger charge is 2.25. The summed E-state index contributed by atoms with van der Waals surface area (Å²) in [5.41, 5.74) is 0.888. The largest absolute Gasteiger partial charge is 0.507 e. The fraction of sp³-hybridized carbons (Fsp3) is 0.222. The number of hydrogen-bond acceptors (Lipinski definition) is 4. The van der Waals surface area contributed by atoms with Gasteiger partial charge in [0.15, 0.2) is 5.78 Å². The highest BCUT2D eigenvalue weighted by molar-refractivity contribution is 6.15. The molecule has 2 aromatic carbocycles. The van der Waals surface area contributed by atoms with Crippen molar-refractivity contribution in [1.29, 1.82) is 0 Å². The van der Waals surface area contributed by atoms with Crippen molar-refractivity contribution in [2.75, 3.05) is 13.1 Å². The van der Waals surface area contributed by atoms with E-state index in [0.29, 0.717) is 0 Å². The summed E-state index contributed by atoms with van der Waals surface area (Å²) in [4.78, 5) is 24.0. The average Bonchev–Trinajstić information content (AvgIpc) is 3.08. The van der Waals surface area contributed by atoms with Gasteiger partial charge in [-0.2, -0.15) is 0 Å². The Hall–Kier alpha value is -2.66. The minimum atomic E-state index is -1.16. The highest BCUT2D eigenvalue weighted by atomic mass is 16.4. The van der Waals surface area contributed by atoms with Crippen LogP contribution in [0.1, 0.15) is 44.2 Å². The number of hydrogen-bond donors (Lipinski definition) is 3. The Labute approximate surface area is 133 Å². The molecule has 3 rings (SSSR count). The molecule has 118 valence electrons. The van der Waals surface area contributed by atoms with Crippen LogP contribution in [0.5, 0.6) is 5.75 Å². The van der Waals surface area contributed by atoms with Gasteiger partial charge in [-0.05, 0) is 30.7 Å². The summed E-state index contributed by atoms with van der Waals surface area (Å²) < 4.78 is 0. The van der Waals surface area contributed by atoms with E-state index in [1.165, 1.54) is 18.2 Å². The molecule has 1 unspecified atom stereocenters. The number of carbonyl (C=O) groups is 2. The molecule has 1 heterocycles. The molecular weight excluding hydrogens is 294 g/mol. The molecule has 0 spiro atoms. The van der Waals surface area contributed by atoms with Crippen LogP contribution in [0.4, 0.5) is 0 Å². The van der Waals surface area contributed by atoms with Gasteiger partial charge in [-0.25, -0.2) is 4.79 Å². The highest BCUT2D eigenvalue weighted by Crippen LogP contribution is 2.33. The summed E-state index contributed by atoms with van der Waals surface area (Å²) in [6, 6.07) is 11.1. The molecule has 3 N–H and O–H groups in total. The molecule has 0 saturated carbocycles. The van der Waals surface area contributed by atoms with Gasteiger partial charge in [0.25, 0.3) is 0 Å². The summed E-state index contributed by atoms with van der Waals surface area (Å²) in [7, 11) is 0. The van der Waals surface area contributed by atoms with E-state index in [-0.39, 0.29) is 28.4 Å². The predicted molar refractivity (Wildman–Crippen MR) is 85.2 cm³/mol. The van der Waals surface area contributed by atoms with Gasteiger partial charge in [0, 0.05) is 18.0 Å². The molecule has 1 atom stereocenters. The van der Waals surface area contributed by atoms with Gasteiger partial charge in [-0.3, -0.25) is 4.79 Å². The number of phenols is 1. The quantitative estimate of drug-likeness (QED) is 0.755. The van der Waals surface area contributed by atoms with Crippen LogP contribution in [0.2, 0.25) is 0 Å². The molecule has 0 amide bonds. The molecule has 0 radical (unpaired) electrons. The first kappa shape index (κ1) is 15.2. The Balaban J connectivity index is 2.04. The first-order valence-electron chi connectivity index (χ1n) is 7.49. The minimum absolute atomic E-state index is 0.0496. The van der Waals surface area contributed by atoms with Crippen LogP contribution in [0.25, 0.3) is 0 Å². The molecule has 5 heteroatoms. The lowest BCUT2D eigenvalue weighted by molar-refractivity contribution is 0.0692. The molecule has 23 heavy (non-hydrogen) atoms. The first-order chi connectivity index (χ1) is 11.1. The number of carboxylic acids is 1. The second kappa shape index (κ2) is 6.22. The van der Waals surface area contributed by atoms with Crippen molar-refractivity contribution < 1.29 is 19.8 Å². The van der Waals surface area contributed by atoms with Gasteiger partial charge in [-0.15, -0.1) is 0 Å². The molecule has 0 aromatic heterocycles. The molecular formula is C18H17NO4. The average molecular weight is 311 g/mol. The summed E-state index contributed by atoms with van der Waals surface area (Å²) in [5, 5.41) is 23.0. The zero-order chi connectivity index (χ0) is 16.4. The number of nitrogens with one attached hydrogen (secondary N) is 1. The number of rotatable bonds is 4. The van der Waals surface area contributed by atoms with E-state index in [1.807, 2.05) is 6.07 Å². The van der Waals surface area contributed by atoms with Crippen LogP contribution < -0.4 is 5.32 Å². The fourth-order valence-electron chi connectivity index (χ4n) is 3.01. The van der Waals surface area contributed by atoms with Gasteiger partial charge in [0.05, 0.1) is 11.1 Å². The molecule has 1 saturated heterocycles. The summed E-state index contributed by atoms with van der Waals surface area (Å²) in [5.74, 6) is -1.53. The maximum Gasteiger partial charge on any atom is 0.336 e. The summed E-state index contributed by atoms with van der Waals surface area (Å²) in [6.07, 6.45) is 0.900. The van der Waals surface area contributed by atoms with Crippen molar-refractivity contribution >= 4 is 11.8 Å². The van der Waals surface area contributed by atoms with Crippen molar-refractivity contribution in [2.45, 2.75) is 12.3 Å². The molecule has 1 aliphatic rings. The van der Waals surface area contributed by atoms with Gasteiger partial charge in [0.1, 0.15) is 5.75 Å². The second-order valence-corrected chi connectivity index (χ2v) is 5.61. The van der Waals surface area contributed by atoms with E-state index < -0.39 is 11.8 Å². The smallest absolute Gasteiger partial charge is 0.336 e. The number of carboxylic acid groups (broad SMARTS) is 1. The Morgan fingerprint density at radius 1 is 1.00 bits per heavy atom. The standard InChI is InChI=1S/C18H17NO4/c20-16-12(11-8-9-19-10-11)6-3-7-15(16)17(21)13-4-1-2-5-14(13)18(22)23/h1-7,11,19-20H,8-10H2,(H,22,23). The predicted octanol–water partition coefficient (Wildman–Crippen LogP) is 2.40. The Morgan fingerprint density at radius 2 is 1.70 bits per heavy atom. The normalized spacial score (nSPS) is 17.1. The van der Waals surface area contributed by atoms with Crippen molar-refractivity contribution in [2.24, 2.45) is 0 Å². The number of carbonyl (C=O) groups excluding carboxylic acids is 1. The van der Waals surface area contributed by atoms with E-state index in [9.17, 15) is 19.8 Å². The molecule has 1 fully saturated rings. The van der Waals surface area contributed by atoms with Gasteiger partial charge in [0.2, 0.25) is 0 Å². The van der Waals surface area contributed by atoms with Gasteiger partial charge in [-0.1, -0.05) is 30.3 Å². The fourth-order valence-corrected chi connectivity index (χ4v) is 3.01. The van der Waals surface area contributed by atoms with E-state index in [0.717, 1.165) is 25.1 Å². The summed E-state index contributed by atoms with van der Waals surface area (Å²) in [6.45, 7) is 1.64. The Morgan fingerprint density at radius 3 is 2.35 bits per heavy atom. The van der Waals surface area contributed by atoms with Crippen molar-refractivity contribution in [3.8, 4) is 5.75 Å². The topological polar surface area (TPSA) is 86.6 Å². The Bertz CT molecular complexity index is 763. The molecule has 1 aliphatic heterocycles. The second-order valence-electron chi connectivity index (χ2n) is 5.61. The number of phenolic OH excluding ortho intramolecular Hbond substituents is 1. The molecule has 0 aliphatic carbocycles. The molecule has 2 aromatic rings. The third-order valence-electron chi connectivity index (χ3n) is 4.21. The number of benzene rings is 2. The van der Waals surface area contributed by atoms with Crippen LogP contribution >= 0.6 is 0 Å². The molecule has 5 nitrogen and oxygen atoms in total. The van der Waals surface area contributed by atoms with Crippen LogP contribution in [-0.2, 0) is 0 Å². The third kappa shape index (κ3) is 2.83. The maximum absolute atomic E-state index is 12.7. The SMILES string of the molecule is O=C(O)c1ccccc1C(=O)c1cccc(C2CCNC2)c1O. The number of ketones is 1. The molecule has 0 bridgehead atoms. The van der Waals surface area contributed by atoms with Crippen LogP contribution in [0, 0.1) is 0 Å². The van der Waals surface area contributed by atoms with E-state index in [1.54, 1.807) is 18.2 Å². The zero-order valence-electron chi connectivity index (χ0n) is 12.5. The lowest BCUT2D eigenvalue weighted by atomic mass is 9.91. The van der Waals surface area contributed by atoms with E-state index in [4.69, 9.17) is 0 Å². The first-order valence-corrected chi connectivity index (χ1v) is 7.49. The van der Waals surface area contributed by atoms with Gasteiger partial charge < -0.3 is 15.5 Å². The van der Waals surface area contributed by atoms with E-state index in [2.05, 4.69) is 5.32 Å². The number of aromatic hydroxyl groups is 1. The minimum Gasteiger partial charge on any atom is -0.507 e. The number of aromatic carboxylic acids is 1. The third-order valence-corrected chi connectivity index (χ3v) is 4.21. The van der Waals surface area contributed by atoms with Crippen LogP contribution in [0.15, 0.2) is 42.5 Å². The summed E-state index contributed by atoms with van der Waals surface area (Å²) >= 11 is 0. The van der Waals surface area contributed by atoms with Crippen molar-refractivity contribution in [3.63, 3.8) is 0 Å². The van der Waals surface area contributed by atoms with Crippen molar-refractivity contribution in [3.05, 3.63) is 64.7 Å².